The highest BCUT2D eigenvalue weighted by Crippen LogP contribution is 2.08. The lowest BCUT2D eigenvalue weighted by Crippen LogP contribution is -1.98. The van der Waals surface area contributed by atoms with E-state index in [4.69, 9.17) is 10.3 Å². The molecule has 19 heavy (non-hydrogen) atoms. The lowest BCUT2D eigenvalue weighted by Gasteiger charge is -1.95. The Morgan fingerprint density at radius 2 is 1.89 bits per heavy atom. The fourth-order valence-corrected chi connectivity index (χ4v) is 1.42. The molecular weight excluding hydrogens is 270 g/mol. The Labute approximate surface area is 112 Å². The Balaban J connectivity index is 0.000000362. The van der Waals surface area contributed by atoms with Crippen molar-refractivity contribution in [3.05, 3.63) is 42.0 Å². The lowest BCUT2D eigenvalue weighted by molar-refractivity contribution is -0.134. The third-order valence-electron chi connectivity index (χ3n) is 1.91. The Kier molecular flexibility index (Phi) is 7.66. The van der Waals surface area contributed by atoms with Crippen molar-refractivity contribution in [2.75, 3.05) is 13.7 Å². The lowest BCUT2D eigenvalue weighted by atomic mass is 10.2. The van der Waals surface area contributed by atoms with Gasteiger partial charge in [0.1, 0.15) is 0 Å². The van der Waals surface area contributed by atoms with E-state index in [2.05, 4.69) is 4.74 Å². The van der Waals surface area contributed by atoms with Crippen molar-refractivity contribution in [1.82, 2.24) is 0 Å². The molecule has 0 amide bonds. The number of carbonyl (C=O) groups excluding carboxylic acids is 1. The van der Waals surface area contributed by atoms with Crippen LogP contribution in [0.1, 0.15) is 5.56 Å². The molecule has 7 heteroatoms. The van der Waals surface area contributed by atoms with Crippen molar-refractivity contribution < 1.29 is 22.5 Å². The van der Waals surface area contributed by atoms with Gasteiger partial charge in [0.2, 0.25) is 0 Å². The third kappa shape index (κ3) is 8.09. The minimum Gasteiger partial charge on any atom is -0.466 e. The first kappa shape index (κ1) is 17.3. The summed E-state index contributed by atoms with van der Waals surface area (Å²) in [5.74, 6) is -0.365. The molecule has 0 atom stereocenters. The highest BCUT2D eigenvalue weighted by atomic mass is 32.2. The molecule has 106 valence electrons. The number of rotatable bonds is 3. The van der Waals surface area contributed by atoms with Gasteiger partial charge in [-0.25, -0.2) is 4.79 Å². The molecule has 0 aliphatic rings. The predicted molar refractivity (Wildman–Crippen MR) is 71.2 cm³/mol. The van der Waals surface area contributed by atoms with Gasteiger partial charge in [-0.05, 0) is 19.1 Å². The number of ether oxygens (including phenoxy) is 1. The molecule has 0 unspecified atom stereocenters. The zero-order valence-corrected chi connectivity index (χ0v) is 11.6. The molecule has 0 fully saturated rings. The van der Waals surface area contributed by atoms with Crippen molar-refractivity contribution >= 4 is 16.1 Å². The molecule has 0 aliphatic heterocycles. The van der Waals surface area contributed by atoms with E-state index in [1.54, 1.807) is 12.1 Å². The molecule has 0 aliphatic carbocycles. The van der Waals surface area contributed by atoms with E-state index in [1.807, 2.05) is 6.92 Å². The van der Waals surface area contributed by atoms with Crippen LogP contribution in [-0.2, 0) is 19.6 Å². The summed E-state index contributed by atoms with van der Waals surface area (Å²) in [6, 6.07) is 5.99. The van der Waals surface area contributed by atoms with Gasteiger partial charge in [-0.3, -0.25) is 4.55 Å². The van der Waals surface area contributed by atoms with Gasteiger partial charge in [0.05, 0.1) is 12.0 Å². The number of hydrogen-bond donors (Lipinski definition) is 2. The highest BCUT2D eigenvalue weighted by molar-refractivity contribution is 7.85. The van der Waals surface area contributed by atoms with E-state index in [9.17, 15) is 13.2 Å². The van der Waals surface area contributed by atoms with E-state index in [0.717, 1.165) is 5.56 Å². The van der Waals surface area contributed by atoms with Crippen molar-refractivity contribution in [2.45, 2.75) is 11.8 Å². The van der Waals surface area contributed by atoms with E-state index < -0.39 is 10.1 Å². The Bertz CT molecular complexity index is 520. The van der Waals surface area contributed by atoms with Gasteiger partial charge < -0.3 is 10.5 Å². The quantitative estimate of drug-likeness (QED) is 0.486. The second-order valence-electron chi connectivity index (χ2n) is 3.45. The van der Waals surface area contributed by atoms with E-state index in [1.165, 1.54) is 31.4 Å². The van der Waals surface area contributed by atoms with Crippen LogP contribution in [0.15, 0.2) is 41.3 Å². The number of hydrogen-bond acceptors (Lipinski definition) is 5. The molecule has 0 spiro atoms. The first-order chi connectivity index (χ1) is 8.81. The van der Waals surface area contributed by atoms with Gasteiger partial charge in [-0.1, -0.05) is 23.8 Å². The molecule has 0 aromatic heterocycles. The van der Waals surface area contributed by atoms with Crippen molar-refractivity contribution in [2.24, 2.45) is 5.73 Å². The Hall–Kier alpha value is -1.70. The van der Waals surface area contributed by atoms with Crippen LogP contribution in [0.25, 0.3) is 0 Å². The predicted octanol–water partition coefficient (Wildman–Crippen LogP) is 0.916. The molecule has 1 aromatic rings. The molecular formula is C12H17NO5S. The highest BCUT2D eigenvalue weighted by Gasteiger charge is 2.06. The molecule has 1 rings (SSSR count). The maximum atomic E-state index is 10.5. The SMILES string of the molecule is COC(=O)/C=C/CN.Cc1ccc(S(=O)(=O)O)cc1. The normalized spacial score (nSPS) is 10.7. The summed E-state index contributed by atoms with van der Waals surface area (Å²) in [6.45, 7) is 2.21. The van der Waals surface area contributed by atoms with Crippen LogP contribution in [0.2, 0.25) is 0 Å². The van der Waals surface area contributed by atoms with Gasteiger partial charge >= 0.3 is 5.97 Å². The average molecular weight is 287 g/mol. The van der Waals surface area contributed by atoms with Crippen molar-refractivity contribution in [3.8, 4) is 0 Å². The van der Waals surface area contributed by atoms with Crippen molar-refractivity contribution in [1.29, 1.82) is 0 Å². The van der Waals surface area contributed by atoms with Crippen LogP contribution < -0.4 is 5.73 Å². The zero-order valence-electron chi connectivity index (χ0n) is 10.7. The van der Waals surface area contributed by atoms with Crippen LogP contribution in [0.5, 0.6) is 0 Å². The third-order valence-corrected chi connectivity index (χ3v) is 2.78. The van der Waals surface area contributed by atoms with Gasteiger partial charge in [0.25, 0.3) is 10.1 Å². The summed E-state index contributed by atoms with van der Waals surface area (Å²) < 4.78 is 33.8. The number of esters is 1. The number of aryl methyl sites for hydroxylation is 1. The van der Waals surface area contributed by atoms with Crippen LogP contribution in [-0.4, -0.2) is 32.6 Å². The second kappa shape index (κ2) is 8.41. The Morgan fingerprint density at radius 1 is 1.37 bits per heavy atom. The molecule has 3 N–H and O–H groups in total. The number of nitrogens with two attached hydrogens (primary N) is 1. The number of benzene rings is 1. The van der Waals surface area contributed by atoms with E-state index in [0.29, 0.717) is 6.54 Å². The molecule has 0 saturated carbocycles. The summed E-state index contributed by atoms with van der Waals surface area (Å²) in [5, 5.41) is 0. The fourth-order valence-electron chi connectivity index (χ4n) is 0.943. The topological polar surface area (TPSA) is 107 Å². The van der Waals surface area contributed by atoms with Crippen LogP contribution in [0.3, 0.4) is 0 Å². The summed E-state index contributed by atoms with van der Waals surface area (Å²) in [6.07, 6.45) is 2.83. The van der Waals surface area contributed by atoms with Gasteiger partial charge in [-0.15, -0.1) is 0 Å². The summed E-state index contributed by atoms with van der Waals surface area (Å²) in [5.41, 5.74) is 5.99. The van der Waals surface area contributed by atoms with Crippen molar-refractivity contribution in [3.63, 3.8) is 0 Å². The van der Waals surface area contributed by atoms with Gasteiger partial charge in [-0.2, -0.15) is 8.42 Å². The maximum absolute atomic E-state index is 10.5. The number of methoxy groups -OCH3 is 1. The molecule has 6 nitrogen and oxygen atoms in total. The first-order valence-electron chi connectivity index (χ1n) is 5.30. The maximum Gasteiger partial charge on any atom is 0.330 e. The minimum absolute atomic E-state index is 0.0666. The smallest absolute Gasteiger partial charge is 0.330 e. The molecule has 0 heterocycles. The number of carbonyl (C=O) groups is 1. The van der Waals surface area contributed by atoms with Gasteiger partial charge in [0.15, 0.2) is 0 Å². The molecule has 0 bridgehead atoms. The standard InChI is InChI=1S/C7H8O3S.C5H9NO2/c1-6-2-4-7(5-3-6)11(8,9)10;1-8-5(7)3-2-4-6/h2-5H,1H3,(H,8,9,10);2-3H,4,6H2,1H3/b;3-2+. The molecule has 0 saturated heterocycles. The fraction of sp³-hybridized carbons (Fsp3) is 0.250. The monoisotopic (exact) mass is 287 g/mol. The van der Waals surface area contributed by atoms with Crippen LogP contribution in [0, 0.1) is 6.92 Å². The molecule has 1 aromatic carbocycles. The zero-order chi connectivity index (χ0) is 14.9. The largest absolute Gasteiger partial charge is 0.466 e. The first-order valence-corrected chi connectivity index (χ1v) is 6.74. The average Bonchev–Trinajstić information content (AvgIpc) is 2.36. The summed E-state index contributed by atoms with van der Waals surface area (Å²) in [7, 11) is -2.70. The van der Waals surface area contributed by atoms with Crippen LogP contribution in [0.4, 0.5) is 0 Å². The Morgan fingerprint density at radius 3 is 2.26 bits per heavy atom. The van der Waals surface area contributed by atoms with Gasteiger partial charge in [0, 0.05) is 12.6 Å². The minimum atomic E-state index is -4.02. The summed E-state index contributed by atoms with van der Waals surface area (Å²) >= 11 is 0. The van der Waals surface area contributed by atoms with Crippen LogP contribution >= 0.6 is 0 Å². The van der Waals surface area contributed by atoms with E-state index >= 15 is 0 Å². The van der Waals surface area contributed by atoms with E-state index in [-0.39, 0.29) is 10.9 Å². The summed E-state index contributed by atoms with van der Waals surface area (Å²) in [4.78, 5) is 10.1. The second-order valence-corrected chi connectivity index (χ2v) is 4.87. The molecule has 0 radical (unpaired) electrons.